The molecule has 1 aromatic rings. The van der Waals surface area contributed by atoms with E-state index in [1.165, 1.54) is 0 Å². The number of carbonyl (C=O) groups is 1. The first-order valence-electron chi connectivity index (χ1n) is 7.14. The topological polar surface area (TPSA) is 61.8 Å². The van der Waals surface area contributed by atoms with Gasteiger partial charge in [0.05, 0.1) is 10.9 Å². The molecule has 0 aromatic heterocycles. The van der Waals surface area contributed by atoms with Gasteiger partial charge in [-0.1, -0.05) is 17.7 Å². The highest BCUT2D eigenvalue weighted by Crippen LogP contribution is 2.33. The molecule has 0 spiro atoms. The van der Waals surface area contributed by atoms with E-state index >= 15 is 0 Å². The van der Waals surface area contributed by atoms with Crippen LogP contribution in [0.4, 0.5) is 0 Å². The molecule has 0 saturated carbocycles. The van der Waals surface area contributed by atoms with Crippen LogP contribution in [0.2, 0.25) is 5.02 Å². The van der Waals surface area contributed by atoms with Gasteiger partial charge in [0, 0.05) is 25.7 Å². The Morgan fingerprint density at radius 1 is 1.48 bits per heavy atom. The highest BCUT2D eigenvalue weighted by atomic mass is 35.5. The van der Waals surface area contributed by atoms with Gasteiger partial charge in [-0.05, 0) is 31.2 Å². The summed E-state index contributed by atoms with van der Waals surface area (Å²) < 4.78 is 5.84. The number of nitrogens with one attached hydrogen (secondary N) is 1. The Morgan fingerprint density at radius 3 is 2.81 bits per heavy atom. The Morgan fingerprint density at radius 2 is 2.24 bits per heavy atom. The summed E-state index contributed by atoms with van der Waals surface area (Å²) >= 11 is 6.29. The molecule has 2 saturated heterocycles. The number of ether oxygens (including phenoxy) is 1. The lowest BCUT2D eigenvalue weighted by Gasteiger charge is -2.36. The van der Waals surface area contributed by atoms with Gasteiger partial charge in [0.25, 0.3) is 0 Å². The molecular weight excluding hydrogens is 292 g/mol. The third kappa shape index (κ3) is 3.15. The van der Waals surface area contributed by atoms with Gasteiger partial charge in [-0.15, -0.1) is 0 Å². The van der Waals surface area contributed by atoms with Crippen molar-refractivity contribution in [2.45, 2.75) is 18.6 Å². The number of hydrogen-bond acceptors (Lipinski definition) is 4. The summed E-state index contributed by atoms with van der Waals surface area (Å²) in [5, 5.41) is 12.9. The van der Waals surface area contributed by atoms with Gasteiger partial charge in [-0.3, -0.25) is 9.69 Å². The lowest BCUT2D eigenvalue weighted by atomic mass is 10.00. The maximum Gasteiger partial charge on any atom is 0.307 e. The minimum absolute atomic E-state index is 0.0486. The van der Waals surface area contributed by atoms with E-state index in [1.807, 2.05) is 18.2 Å². The number of hydrogen-bond donors (Lipinski definition) is 2. The van der Waals surface area contributed by atoms with E-state index in [-0.39, 0.29) is 18.1 Å². The Labute approximate surface area is 128 Å². The average Bonchev–Trinajstić information content (AvgIpc) is 2.89. The van der Waals surface area contributed by atoms with E-state index in [0.29, 0.717) is 23.7 Å². The highest BCUT2D eigenvalue weighted by molar-refractivity contribution is 6.32. The molecule has 1 aromatic carbocycles. The molecule has 0 radical (unpaired) electrons. The quantitative estimate of drug-likeness (QED) is 0.887. The molecule has 2 unspecified atom stereocenters. The van der Waals surface area contributed by atoms with E-state index in [1.54, 1.807) is 0 Å². The van der Waals surface area contributed by atoms with Crippen molar-refractivity contribution in [1.82, 2.24) is 10.2 Å². The molecule has 2 atom stereocenters. The van der Waals surface area contributed by atoms with Crippen LogP contribution >= 0.6 is 11.6 Å². The number of aliphatic carboxylic acids is 1. The molecule has 0 bridgehead atoms. The van der Waals surface area contributed by atoms with Crippen LogP contribution < -0.4 is 10.1 Å². The van der Waals surface area contributed by atoms with E-state index in [2.05, 4.69) is 17.3 Å². The van der Waals surface area contributed by atoms with Crippen LogP contribution in [-0.2, 0) is 4.79 Å². The lowest BCUT2D eigenvalue weighted by molar-refractivity contribution is -0.141. The van der Waals surface area contributed by atoms with Crippen LogP contribution in [0.15, 0.2) is 18.2 Å². The fourth-order valence-corrected chi connectivity index (χ4v) is 3.14. The summed E-state index contributed by atoms with van der Waals surface area (Å²) in [6.07, 6.45) is 0.804. The zero-order chi connectivity index (χ0) is 15.0. The minimum atomic E-state index is -0.745. The Kier molecular flexibility index (Phi) is 4.06. The Bertz CT molecular complexity index is 546. The summed E-state index contributed by atoms with van der Waals surface area (Å²) in [6, 6.07) is 5.77. The molecule has 0 aliphatic carbocycles. The average molecular weight is 311 g/mol. The predicted molar refractivity (Wildman–Crippen MR) is 79.9 cm³/mol. The number of benzene rings is 1. The van der Waals surface area contributed by atoms with E-state index in [0.717, 1.165) is 18.7 Å². The number of likely N-dealkylation sites (N-methyl/N-ethyl adjacent to an activating group) is 1. The second kappa shape index (κ2) is 5.83. The number of nitrogens with zero attached hydrogens (tertiary/aromatic N) is 1. The fraction of sp³-hybridized carbons (Fsp3) is 0.533. The number of halogens is 1. The molecular formula is C15H19ClN2O3. The second-order valence-corrected chi connectivity index (χ2v) is 6.29. The van der Waals surface area contributed by atoms with Gasteiger partial charge in [0.15, 0.2) is 0 Å². The fourth-order valence-electron chi connectivity index (χ4n) is 2.90. The highest BCUT2D eigenvalue weighted by Gasteiger charge is 2.31. The van der Waals surface area contributed by atoms with Gasteiger partial charge in [0.2, 0.25) is 0 Å². The van der Waals surface area contributed by atoms with Crippen LogP contribution in [0.25, 0.3) is 0 Å². The van der Waals surface area contributed by atoms with Crippen molar-refractivity contribution in [3.8, 4) is 5.75 Å². The summed E-state index contributed by atoms with van der Waals surface area (Å²) in [4.78, 5) is 13.2. The number of rotatable bonds is 4. The summed E-state index contributed by atoms with van der Waals surface area (Å²) in [5.41, 5.74) is 1.02. The molecule has 2 aliphatic heterocycles. The summed E-state index contributed by atoms with van der Waals surface area (Å²) in [6.45, 7) is 2.34. The number of carboxylic acid groups (broad SMARTS) is 1. The third-order valence-corrected chi connectivity index (χ3v) is 4.46. The van der Waals surface area contributed by atoms with Gasteiger partial charge < -0.3 is 15.2 Å². The van der Waals surface area contributed by atoms with Crippen LogP contribution in [0.5, 0.6) is 5.75 Å². The monoisotopic (exact) mass is 310 g/mol. The second-order valence-electron chi connectivity index (χ2n) is 5.88. The van der Waals surface area contributed by atoms with Gasteiger partial charge >= 0.3 is 5.97 Å². The first-order valence-corrected chi connectivity index (χ1v) is 7.51. The zero-order valence-corrected chi connectivity index (χ0v) is 12.6. The molecule has 0 amide bonds. The molecule has 114 valence electrons. The largest absolute Gasteiger partial charge is 0.486 e. The van der Waals surface area contributed by atoms with Crippen molar-refractivity contribution in [2.75, 3.05) is 26.7 Å². The smallest absolute Gasteiger partial charge is 0.307 e. The van der Waals surface area contributed by atoms with E-state index in [9.17, 15) is 4.79 Å². The molecule has 5 nitrogen and oxygen atoms in total. The normalized spacial score (nSPS) is 26.6. The lowest BCUT2D eigenvalue weighted by Crippen LogP contribution is -2.51. The van der Waals surface area contributed by atoms with Gasteiger partial charge in [0.1, 0.15) is 11.9 Å². The maximum atomic E-state index is 11.0. The van der Waals surface area contributed by atoms with E-state index < -0.39 is 5.97 Å². The molecule has 2 N–H and O–H groups in total. The molecule has 3 rings (SSSR count). The molecule has 2 aliphatic rings. The first-order chi connectivity index (χ1) is 10.0. The Hall–Kier alpha value is -1.30. The van der Waals surface area contributed by atoms with Crippen LogP contribution in [0, 0.1) is 5.92 Å². The summed E-state index contributed by atoms with van der Waals surface area (Å²) in [7, 11) is 2.05. The van der Waals surface area contributed by atoms with Crippen LogP contribution in [0.1, 0.15) is 18.0 Å². The van der Waals surface area contributed by atoms with Crippen molar-refractivity contribution >= 4 is 17.6 Å². The van der Waals surface area contributed by atoms with Gasteiger partial charge in [-0.25, -0.2) is 0 Å². The van der Waals surface area contributed by atoms with Crippen molar-refractivity contribution in [3.05, 3.63) is 28.8 Å². The first kappa shape index (κ1) is 14.6. The molecule has 21 heavy (non-hydrogen) atoms. The van der Waals surface area contributed by atoms with Crippen molar-refractivity contribution in [2.24, 2.45) is 5.92 Å². The summed E-state index contributed by atoms with van der Waals surface area (Å²) in [5.74, 6) is -0.369. The van der Waals surface area contributed by atoms with Crippen molar-refractivity contribution in [3.63, 3.8) is 0 Å². The SMILES string of the molecule is CN1CC(Oc2ccc(C3CC(C(=O)O)CN3)cc2Cl)C1. The standard InChI is InChI=1S/C15H19ClN2O3/c1-18-7-11(8-18)21-14-3-2-9(4-12(14)16)13-5-10(6-17-13)15(19)20/h2-4,10-11,13,17H,5-8H2,1H3,(H,19,20). The van der Waals surface area contributed by atoms with Crippen molar-refractivity contribution in [1.29, 1.82) is 0 Å². The minimum Gasteiger partial charge on any atom is -0.486 e. The zero-order valence-electron chi connectivity index (χ0n) is 11.9. The van der Waals surface area contributed by atoms with Crippen LogP contribution in [-0.4, -0.2) is 48.8 Å². The Balaban J connectivity index is 1.65. The number of carboxylic acids is 1. The molecule has 6 heteroatoms. The van der Waals surface area contributed by atoms with Gasteiger partial charge in [-0.2, -0.15) is 0 Å². The maximum absolute atomic E-state index is 11.0. The van der Waals surface area contributed by atoms with Crippen LogP contribution in [0.3, 0.4) is 0 Å². The molecule has 2 fully saturated rings. The number of likely N-dealkylation sites (tertiary alicyclic amines) is 1. The van der Waals surface area contributed by atoms with Crippen molar-refractivity contribution < 1.29 is 14.6 Å². The predicted octanol–water partition coefficient (Wildman–Crippen LogP) is 1.77. The third-order valence-electron chi connectivity index (χ3n) is 4.16. The molecule has 2 heterocycles. The van der Waals surface area contributed by atoms with E-state index in [4.69, 9.17) is 21.4 Å².